The maximum atomic E-state index is 12.4. The first-order valence-corrected chi connectivity index (χ1v) is 7.60. The van der Waals surface area contributed by atoms with Gasteiger partial charge < -0.3 is 10.0 Å². The van der Waals surface area contributed by atoms with Crippen LogP contribution in [0.5, 0.6) is 0 Å². The van der Waals surface area contributed by atoms with E-state index in [4.69, 9.17) is 0 Å². The molecule has 3 rings (SSSR count). The molecule has 4 heteroatoms. The van der Waals surface area contributed by atoms with Crippen LogP contribution >= 0.6 is 0 Å². The van der Waals surface area contributed by atoms with Gasteiger partial charge in [0.25, 0.3) is 0 Å². The number of hydrogen-bond acceptors (Lipinski definition) is 2. The molecule has 0 radical (unpaired) electrons. The molecule has 2 unspecified atom stereocenters. The lowest BCUT2D eigenvalue weighted by atomic mass is 9.82. The summed E-state index contributed by atoms with van der Waals surface area (Å²) in [7, 11) is 0. The predicted molar refractivity (Wildman–Crippen MR) is 78.9 cm³/mol. The van der Waals surface area contributed by atoms with Crippen LogP contribution in [0.2, 0.25) is 0 Å². The molecule has 2 fully saturated rings. The first-order valence-electron chi connectivity index (χ1n) is 7.60. The second-order valence-corrected chi connectivity index (χ2v) is 6.25. The predicted octanol–water partition coefficient (Wildman–Crippen LogP) is 2.83. The Balaban J connectivity index is 2.08. The van der Waals surface area contributed by atoms with Crippen LogP contribution in [0.25, 0.3) is 0 Å². The summed E-state index contributed by atoms with van der Waals surface area (Å²) in [5.74, 6) is -1.18. The third-order valence-electron chi connectivity index (χ3n) is 4.86. The van der Waals surface area contributed by atoms with Crippen molar-refractivity contribution >= 4 is 11.9 Å². The molecule has 1 aromatic carbocycles. The first kappa shape index (κ1) is 14.1. The van der Waals surface area contributed by atoms with Crippen LogP contribution in [0, 0.1) is 19.8 Å². The number of aliphatic carboxylic acids is 1. The van der Waals surface area contributed by atoms with E-state index in [1.807, 2.05) is 36.9 Å². The van der Waals surface area contributed by atoms with Gasteiger partial charge in [0.1, 0.15) is 0 Å². The number of carboxylic acid groups (broad SMARTS) is 1. The van der Waals surface area contributed by atoms with E-state index in [1.165, 1.54) is 0 Å². The van der Waals surface area contributed by atoms with Crippen molar-refractivity contribution in [2.45, 2.75) is 51.6 Å². The van der Waals surface area contributed by atoms with Crippen LogP contribution in [-0.2, 0) is 9.59 Å². The van der Waals surface area contributed by atoms with E-state index >= 15 is 0 Å². The Bertz CT molecular complexity index is 592. The SMILES string of the molecule is Cc1cccc(C2C(C(=O)O)CCC(=O)N2C2CC2)c1C. The highest BCUT2D eigenvalue weighted by molar-refractivity contribution is 5.82. The van der Waals surface area contributed by atoms with Gasteiger partial charge in [0.15, 0.2) is 0 Å². The highest BCUT2D eigenvalue weighted by Gasteiger charge is 2.46. The molecule has 1 aliphatic carbocycles. The average molecular weight is 287 g/mol. The lowest BCUT2D eigenvalue weighted by Gasteiger charge is -2.41. The Hall–Kier alpha value is -1.84. The van der Waals surface area contributed by atoms with Crippen LogP contribution in [0.4, 0.5) is 0 Å². The van der Waals surface area contributed by atoms with Gasteiger partial charge in [-0.2, -0.15) is 0 Å². The second kappa shape index (κ2) is 5.17. The van der Waals surface area contributed by atoms with E-state index in [1.54, 1.807) is 0 Å². The van der Waals surface area contributed by atoms with Gasteiger partial charge in [-0.1, -0.05) is 18.2 Å². The van der Waals surface area contributed by atoms with Crippen molar-refractivity contribution in [3.63, 3.8) is 0 Å². The summed E-state index contributed by atoms with van der Waals surface area (Å²) in [6.45, 7) is 4.05. The number of carboxylic acids is 1. The maximum Gasteiger partial charge on any atom is 0.308 e. The van der Waals surface area contributed by atoms with Gasteiger partial charge in [-0.3, -0.25) is 9.59 Å². The van der Waals surface area contributed by atoms with Crippen LogP contribution in [0.3, 0.4) is 0 Å². The molecule has 1 aromatic rings. The summed E-state index contributed by atoms with van der Waals surface area (Å²) in [4.78, 5) is 25.9. The molecule has 1 aliphatic heterocycles. The van der Waals surface area contributed by atoms with Crippen LogP contribution < -0.4 is 0 Å². The van der Waals surface area contributed by atoms with Crippen molar-refractivity contribution in [1.29, 1.82) is 0 Å². The summed E-state index contributed by atoms with van der Waals surface area (Å²) in [5, 5.41) is 9.60. The molecular formula is C17H21NO3. The minimum atomic E-state index is -0.793. The Kier molecular flexibility index (Phi) is 3.47. The summed E-state index contributed by atoms with van der Waals surface area (Å²) in [6.07, 6.45) is 2.79. The van der Waals surface area contributed by atoms with E-state index < -0.39 is 11.9 Å². The van der Waals surface area contributed by atoms with Crippen molar-refractivity contribution in [3.05, 3.63) is 34.9 Å². The monoisotopic (exact) mass is 287 g/mol. The molecule has 0 bridgehead atoms. The van der Waals surface area contributed by atoms with Crippen LogP contribution in [0.1, 0.15) is 48.4 Å². The number of carbonyl (C=O) groups excluding carboxylic acids is 1. The molecule has 0 spiro atoms. The molecule has 1 saturated carbocycles. The largest absolute Gasteiger partial charge is 0.481 e. The zero-order valence-corrected chi connectivity index (χ0v) is 12.5. The molecule has 112 valence electrons. The Morgan fingerprint density at radius 2 is 1.95 bits per heavy atom. The van der Waals surface area contributed by atoms with E-state index in [-0.39, 0.29) is 18.0 Å². The fraction of sp³-hybridized carbons (Fsp3) is 0.529. The number of rotatable bonds is 3. The maximum absolute atomic E-state index is 12.4. The number of hydrogen-bond donors (Lipinski definition) is 1. The molecule has 1 amide bonds. The molecule has 1 saturated heterocycles. The van der Waals surface area contributed by atoms with Gasteiger partial charge in [0.05, 0.1) is 12.0 Å². The molecule has 4 nitrogen and oxygen atoms in total. The lowest BCUT2D eigenvalue weighted by Crippen LogP contribution is -2.46. The van der Waals surface area contributed by atoms with Crippen molar-refractivity contribution in [2.24, 2.45) is 5.92 Å². The molecule has 1 heterocycles. The van der Waals surface area contributed by atoms with E-state index in [9.17, 15) is 14.7 Å². The third kappa shape index (κ3) is 2.43. The van der Waals surface area contributed by atoms with Crippen LogP contribution in [0.15, 0.2) is 18.2 Å². The van der Waals surface area contributed by atoms with Crippen molar-refractivity contribution in [3.8, 4) is 0 Å². The number of likely N-dealkylation sites (tertiary alicyclic amines) is 1. The van der Waals surface area contributed by atoms with Gasteiger partial charge in [0, 0.05) is 12.5 Å². The van der Waals surface area contributed by atoms with Gasteiger partial charge in [0.2, 0.25) is 5.91 Å². The molecule has 2 aliphatic rings. The lowest BCUT2D eigenvalue weighted by molar-refractivity contribution is -0.152. The fourth-order valence-electron chi connectivity index (χ4n) is 3.42. The normalized spacial score (nSPS) is 26.0. The average Bonchev–Trinajstić information content (AvgIpc) is 3.25. The zero-order valence-electron chi connectivity index (χ0n) is 12.5. The Morgan fingerprint density at radius 3 is 2.57 bits per heavy atom. The number of aryl methyl sites for hydroxylation is 1. The highest BCUT2D eigenvalue weighted by atomic mass is 16.4. The summed E-state index contributed by atoms with van der Waals surface area (Å²) < 4.78 is 0. The van der Waals surface area contributed by atoms with E-state index in [0.29, 0.717) is 12.8 Å². The summed E-state index contributed by atoms with van der Waals surface area (Å²) in [5.41, 5.74) is 3.25. The molecular weight excluding hydrogens is 266 g/mol. The number of nitrogens with zero attached hydrogens (tertiary/aromatic N) is 1. The van der Waals surface area contributed by atoms with Gasteiger partial charge in [-0.05, 0) is 49.8 Å². The second-order valence-electron chi connectivity index (χ2n) is 6.25. The van der Waals surface area contributed by atoms with Crippen molar-refractivity contribution in [2.75, 3.05) is 0 Å². The third-order valence-corrected chi connectivity index (χ3v) is 4.86. The van der Waals surface area contributed by atoms with Gasteiger partial charge in [-0.25, -0.2) is 0 Å². The number of benzene rings is 1. The molecule has 21 heavy (non-hydrogen) atoms. The van der Waals surface area contributed by atoms with Crippen molar-refractivity contribution < 1.29 is 14.7 Å². The minimum absolute atomic E-state index is 0.112. The molecule has 2 atom stereocenters. The number of amides is 1. The van der Waals surface area contributed by atoms with Gasteiger partial charge >= 0.3 is 5.97 Å². The number of carbonyl (C=O) groups is 2. The zero-order chi connectivity index (χ0) is 15.1. The highest BCUT2D eigenvalue weighted by Crippen LogP contribution is 2.44. The topological polar surface area (TPSA) is 57.6 Å². The standard InChI is InChI=1S/C17H21NO3/c1-10-4-3-5-13(11(10)2)16-14(17(20)21)8-9-15(19)18(16)12-6-7-12/h3-5,12,14,16H,6-9H2,1-2H3,(H,20,21). The van der Waals surface area contributed by atoms with Crippen LogP contribution in [-0.4, -0.2) is 27.9 Å². The molecule has 1 N–H and O–H groups in total. The van der Waals surface area contributed by atoms with E-state index in [2.05, 4.69) is 0 Å². The fourth-order valence-corrected chi connectivity index (χ4v) is 3.42. The quantitative estimate of drug-likeness (QED) is 0.930. The first-order chi connectivity index (χ1) is 10.0. The number of piperidine rings is 1. The Morgan fingerprint density at radius 1 is 1.24 bits per heavy atom. The van der Waals surface area contributed by atoms with Gasteiger partial charge in [-0.15, -0.1) is 0 Å². The summed E-state index contributed by atoms with van der Waals surface area (Å²) in [6, 6.07) is 5.90. The van der Waals surface area contributed by atoms with E-state index in [0.717, 1.165) is 29.5 Å². The summed E-state index contributed by atoms with van der Waals surface area (Å²) >= 11 is 0. The van der Waals surface area contributed by atoms with Crippen molar-refractivity contribution in [1.82, 2.24) is 4.90 Å². The smallest absolute Gasteiger partial charge is 0.308 e. The molecule has 0 aromatic heterocycles. The Labute approximate surface area is 124 Å². The minimum Gasteiger partial charge on any atom is -0.481 e.